The minimum absolute atomic E-state index is 0. The van der Waals surface area contributed by atoms with Crippen molar-refractivity contribution in [2.45, 2.75) is 12.8 Å². The summed E-state index contributed by atoms with van der Waals surface area (Å²) in [5.74, 6) is -0.668. The molecule has 0 aliphatic rings. The smallest absolute Gasteiger partial charge is 0.779 e. The number of carbonyl (C=O) groups excluding carboxylic acids is 1. The summed E-state index contributed by atoms with van der Waals surface area (Å²) < 4.78 is 10.1. The fraction of sp³-hybridized carbons (Fsp3) is 0.750. The standard InChI is InChI=1S/C4H10NO5P.Na/c6-4(5-7)2-1-3-11(8,9)10;/h7H,1-3H2,(H,5,6)(H2,8,9,10);/q;+1/p-1. The summed E-state index contributed by atoms with van der Waals surface area (Å²) in [4.78, 5) is 28.6. The summed E-state index contributed by atoms with van der Waals surface area (Å²) in [5.41, 5.74) is 1.34. The number of amides is 1. The third-order valence-electron chi connectivity index (χ3n) is 0.969. The van der Waals surface area contributed by atoms with Crippen molar-refractivity contribution in [2.75, 3.05) is 6.16 Å². The zero-order valence-corrected chi connectivity index (χ0v) is 9.58. The van der Waals surface area contributed by atoms with Gasteiger partial charge in [-0.05, 0) is 6.42 Å². The van der Waals surface area contributed by atoms with E-state index < -0.39 is 19.7 Å². The largest absolute Gasteiger partial charge is 1.00 e. The monoisotopic (exact) mass is 205 g/mol. The molecule has 66 valence electrons. The zero-order valence-electron chi connectivity index (χ0n) is 6.69. The Bertz CT molecular complexity index is 180. The van der Waals surface area contributed by atoms with Gasteiger partial charge in [0.25, 0.3) is 0 Å². The number of nitrogens with one attached hydrogen (secondary N) is 1. The molecule has 0 bridgehead atoms. The second kappa shape index (κ2) is 7.03. The molecule has 8 heteroatoms. The zero-order chi connectivity index (χ0) is 8.91. The maximum Gasteiger partial charge on any atom is 1.00 e. The van der Waals surface area contributed by atoms with E-state index in [0.717, 1.165) is 0 Å². The summed E-state index contributed by atoms with van der Waals surface area (Å²) in [6.07, 6.45) is -0.562. The van der Waals surface area contributed by atoms with Gasteiger partial charge < -0.3 is 14.4 Å². The fourth-order valence-corrected chi connectivity index (χ4v) is 1.05. The predicted octanol–water partition coefficient (Wildman–Crippen LogP) is -4.18. The molecule has 1 atom stereocenters. The number of hydrogen-bond acceptors (Lipinski definition) is 4. The van der Waals surface area contributed by atoms with Crippen LogP contribution in [0.3, 0.4) is 0 Å². The Hall–Kier alpha value is 0.580. The summed E-state index contributed by atoms with van der Waals surface area (Å²) in [7, 11) is -4.24. The Morgan fingerprint density at radius 3 is 2.42 bits per heavy atom. The molecule has 12 heavy (non-hydrogen) atoms. The summed E-state index contributed by atoms with van der Waals surface area (Å²) in [5, 5.41) is 7.95. The van der Waals surface area contributed by atoms with Crippen molar-refractivity contribution < 1.29 is 53.9 Å². The van der Waals surface area contributed by atoms with E-state index in [1.807, 2.05) is 0 Å². The molecule has 0 aromatic rings. The van der Waals surface area contributed by atoms with Gasteiger partial charge in [-0.1, -0.05) is 0 Å². The van der Waals surface area contributed by atoms with Crippen LogP contribution in [-0.4, -0.2) is 22.2 Å². The van der Waals surface area contributed by atoms with Gasteiger partial charge in [-0.25, -0.2) is 5.48 Å². The molecule has 0 fully saturated rings. The van der Waals surface area contributed by atoms with Crippen LogP contribution < -0.4 is 39.9 Å². The third-order valence-corrected chi connectivity index (χ3v) is 1.85. The fourth-order valence-electron chi connectivity index (χ4n) is 0.495. The summed E-state index contributed by atoms with van der Waals surface area (Å²) in [6, 6.07) is 0. The van der Waals surface area contributed by atoms with Crippen LogP contribution in [0, 0.1) is 0 Å². The number of hydroxylamine groups is 1. The SMILES string of the molecule is O=C(CCCP(=O)([O-])O)NO.[Na+]. The van der Waals surface area contributed by atoms with Crippen LogP contribution in [0.5, 0.6) is 0 Å². The molecule has 3 N–H and O–H groups in total. The molecule has 0 aliphatic carbocycles. The summed E-state index contributed by atoms with van der Waals surface area (Å²) >= 11 is 0. The Morgan fingerprint density at radius 2 is 2.08 bits per heavy atom. The molecule has 1 amide bonds. The van der Waals surface area contributed by atoms with Gasteiger partial charge >= 0.3 is 29.6 Å². The van der Waals surface area contributed by atoms with Gasteiger partial charge in [0.15, 0.2) is 0 Å². The number of carbonyl (C=O) groups is 1. The Labute approximate surface area is 91.8 Å². The van der Waals surface area contributed by atoms with Gasteiger partial charge in [0.2, 0.25) is 5.91 Å². The quantitative estimate of drug-likeness (QED) is 0.187. The minimum Gasteiger partial charge on any atom is -0.779 e. The molecule has 0 aromatic carbocycles. The number of rotatable bonds is 4. The molecule has 0 radical (unpaired) electrons. The van der Waals surface area contributed by atoms with Gasteiger partial charge in [-0.2, -0.15) is 0 Å². The van der Waals surface area contributed by atoms with Crippen molar-refractivity contribution in [3.05, 3.63) is 0 Å². The number of hydrogen-bond donors (Lipinski definition) is 3. The maximum absolute atomic E-state index is 10.3. The maximum atomic E-state index is 10.3. The van der Waals surface area contributed by atoms with Crippen LogP contribution in [-0.2, 0) is 9.36 Å². The van der Waals surface area contributed by atoms with E-state index in [2.05, 4.69) is 0 Å². The van der Waals surface area contributed by atoms with Crippen LogP contribution in [0.25, 0.3) is 0 Å². The van der Waals surface area contributed by atoms with E-state index in [9.17, 15) is 14.3 Å². The molecule has 0 heterocycles. The molecule has 0 saturated carbocycles. The van der Waals surface area contributed by atoms with Crippen LogP contribution in [0.2, 0.25) is 0 Å². The van der Waals surface area contributed by atoms with Crippen molar-refractivity contribution >= 4 is 13.5 Å². The predicted molar refractivity (Wildman–Crippen MR) is 33.9 cm³/mol. The molecule has 0 spiro atoms. The summed E-state index contributed by atoms with van der Waals surface area (Å²) in [6.45, 7) is 0. The average molecular weight is 205 g/mol. The molecule has 1 unspecified atom stereocenters. The second-order valence-electron chi connectivity index (χ2n) is 2.00. The van der Waals surface area contributed by atoms with Crippen LogP contribution in [0.15, 0.2) is 0 Å². The van der Waals surface area contributed by atoms with Crippen molar-refractivity contribution in [3.63, 3.8) is 0 Å². The topological polar surface area (TPSA) is 110 Å². The first kappa shape index (κ1) is 15.1. The van der Waals surface area contributed by atoms with E-state index in [1.54, 1.807) is 0 Å². The molecule has 0 saturated heterocycles. The molecule has 0 aromatic heterocycles. The molecular formula is C4H9NNaO5P. The molecule has 0 rings (SSSR count). The van der Waals surface area contributed by atoms with Gasteiger partial charge in [-0.3, -0.25) is 10.0 Å². The molecule has 0 aliphatic heterocycles. The third kappa shape index (κ3) is 10.6. The van der Waals surface area contributed by atoms with E-state index in [4.69, 9.17) is 10.1 Å². The normalized spacial score (nSPS) is 14.2. The van der Waals surface area contributed by atoms with E-state index in [0.29, 0.717) is 0 Å². The van der Waals surface area contributed by atoms with Gasteiger partial charge in [0.05, 0.1) is 0 Å². The first-order valence-corrected chi connectivity index (χ1v) is 4.68. The second-order valence-corrected chi connectivity index (χ2v) is 3.72. The Morgan fingerprint density at radius 1 is 1.58 bits per heavy atom. The van der Waals surface area contributed by atoms with Crippen LogP contribution in [0.4, 0.5) is 0 Å². The Kier molecular flexibility index (Phi) is 8.83. The van der Waals surface area contributed by atoms with Crippen LogP contribution in [0.1, 0.15) is 12.8 Å². The van der Waals surface area contributed by atoms with Crippen molar-refractivity contribution in [1.82, 2.24) is 5.48 Å². The van der Waals surface area contributed by atoms with E-state index in [-0.39, 0.29) is 42.4 Å². The molecular weight excluding hydrogens is 196 g/mol. The van der Waals surface area contributed by atoms with E-state index in [1.165, 1.54) is 5.48 Å². The van der Waals surface area contributed by atoms with Crippen molar-refractivity contribution in [1.29, 1.82) is 0 Å². The van der Waals surface area contributed by atoms with Crippen LogP contribution >= 0.6 is 7.60 Å². The van der Waals surface area contributed by atoms with Gasteiger partial charge in [0.1, 0.15) is 7.60 Å². The average Bonchev–Trinajstić information content (AvgIpc) is 1.85. The first-order chi connectivity index (χ1) is 4.95. The van der Waals surface area contributed by atoms with Crippen molar-refractivity contribution in [3.8, 4) is 0 Å². The first-order valence-electron chi connectivity index (χ1n) is 2.91. The Balaban J connectivity index is 0. The minimum atomic E-state index is -4.24. The van der Waals surface area contributed by atoms with Crippen molar-refractivity contribution in [2.24, 2.45) is 0 Å². The van der Waals surface area contributed by atoms with Gasteiger partial charge in [0, 0.05) is 12.6 Å². The van der Waals surface area contributed by atoms with E-state index >= 15 is 0 Å². The molecule has 6 nitrogen and oxygen atoms in total. The van der Waals surface area contributed by atoms with Gasteiger partial charge in [-0.15, -0.1) is 0 Å².